The summed E-state index contributed by atoms with van der Waals surface area (Å²) in [5.41, 5.74) is 6.26. The first-order chi connectivity index (χ1) is 13.9. The number of hydrogen-bond donors (Lipinski definition) is 0. The van der Waals surface area contributed by atoms with Crippen molar-refractivity contribution in [3.8, 4) is 5.69 Å². The lowest BCUT2D eigenvalue weighted by molar-refractivity contribution is 1.16. The summed E-state index contributed by atoms with van der Waals surface area (Å²) in [6.45, 7) is 0. The van der Waals surface area contributed by atoms with Crippen molar-refractivity contribution in [3.05, 3.63) is 120 Å². The van der Waals surface area contributed by atoms with Gasteiger partial charge in [0.25, 0.3) is 0 Å². The van der Waals surface area contributed by atoms with E-state index in [1.807, 2.05) is 6.07 Å². The fourth-order valence-corrected chi connectivity index (χ4v) is 3.88. The molecule has 0 spiro atoms. The highest BCUT2D eigenvalue weighted by molar-refractivity contribution is 6.09. The van der Waals surface area contributed by atoms with E-state index in [4.69, 9.17) is 0 Å². The molecule has 0 radical (unpaired) electrons. The summed E-state index contributed by atoms with van der Waals surface area (Å²) >= 11 is 0. The Balaban J connectivity index is 1.48. The maximum absolute atomic E-state index is 2.36. The zero-order chi connectivity index (χ0) is 18.8. The van der Waals surface area contributed by atoms with Crippen molar-refractivity contribution >= 4 is 27.9 Å². The smallest absolute Gasteiger partial charge is 0.0541 e. The Bertz CT molecular complexity index is 1210. The van der Waals surface area contributed by atoms with E-state index in [1.54, 1.807) is 0 Å². The molecule has 0 fully saturated rings. The summed E-state index contributed by atoms with van der Waals surface area (Å²) in [7, 11) is 0. The third-order valence-corrected chi connectivity index (χ3v) is 5.24. The molecule has 0 unspecified atom stereocenters. The summed E-state index contributed by atoms with van der Waals surface area (Å²) in [6, 6.07) is 36.6. The molecule has 28 heavy (non-hydrogen) atoms. The number of aromatic nitrogens is 1. The molecule has 0 aliphatic rings. The van der Waals surface area contributed by atoms with Crippen LogP contribution >= 0.6 is 0 Å². The molecule has 5 rings (SSSR count). The molecule has 134 valence electrons. The molecule has 0 N–H and O–H groups in total. The SMILES string of the molecule is C(=C\c1ccccc1)/Cc1ccc(-n2c3ccccc3c3ccccc32)cc1. The molecule has 0 aliphatic carbocycles. The minimum Gasteiger partial charge on any atom is -0.309 e. The van der Waals surface area contributed by atoms with E-state index in [9.17, 15) is 0 Å². The fraction of sp³-hybridized carbons (Fsp3) is 0.0370. The van der Waals surface area contributed by atoms with Crippen LogP contribution in [0.1, 0.15) is 11.1 Å². The standard InChI is InChI=1S/C27H21N/c1-2-9-21(10-3-1)11-8-12-22-17-19-23(20-18-22)28-26-15-6-4-13-24(26)25-14-5-7-16-27(25)28/h1-11,13-20H,12H2/b11-8+. The molecule has 5 aromatic rings. The quantitative estimate of drug-likeness (QED) is 0.324. The second-order valence-electron chi connectivity index (χ2n) is 7.05. The monoisotopic (exact) mass is 359 g/mol. The Morgan fingerprint density at radius 3 is 1.79 bits per heavy atom. The first kappa shape index (κ1) is 16.6. The van der Waals surface area contributed by atoms with Crippen molar-refractivity contribution in [3.63, 3.8) is 0 Å². The second-order valence-corrected chi connectivity index (χ2v) is 7.05. The third kappa shape index (κ3) is 3.01. The average Bonchev–Trinajstić information content (AvgIpc) is 3.10. The molecular weight excluding hydrogens is 338 g/mol. The van der Waals surface area contributed by atoms with Crippen LogP contribution in [-0.2, 0) is 6.42 Å². The van der Waals surface area contributed by atoms with E-state index < -0.39 is 0 Å². The maximum Gasteiger partial charge on any atom is 0.0541 e. The Hall–Kier alpha value is -3.58. The van der Waals surface area contributed by atoms with Gasteiger partial charge in [0, 0.05) is 16.5 Å². The Kier molecular flexibility index (Phi) is 4.27. The van der Waals surface area contributed by atoms with Crippen LogP contribution in [0.4, 0.5) is 0 Å². The predicted molar refractivity (Wildman–Crippen MR) is 120 cm³/mol. The van der Waals surface area contributed by atoms with E-state index in [0.29, 0.717) is 0 Å². The highest BCUT2D eigenvalue weighted by Gasteiger charge is 2.10. The molecule has 1 heteroatoms. The molecule has 1 nitrogen and oxygen atoms in total. The van der Waals surface area contributed by atoms with Crippen LogP contribution in [0.15, 0.2) is 109 Å². The summed E-state index contributed by atoms with van der Waals surface area (Å²) in [5, 5.41) is 2.60. The van der Waals surface area contributed by atoms with E-state index in [0.717, 1.165) is 6.42 Å². The topological polar surface area (TPSA) is 4.93 Å². The number of para-hydroxylation sites is 2. The minimum atomic E-state index is 0.933. The van der Waals surface area contributed by atoms with Gasteiger partial charge >= 0.3 is 0 Å². The normalized spacial score (nSPS) is 11.6. The van der Waals surface area contributed by atoms with Gasteiger partial charge in [-0.25, -0.2) is 0 Å². The van der Waals surface area contributed by atoms with Crippen molar-refractivity contribution in [2.24, 2.45) is 0 Å². The number of fused-ring (bicyclic) bond motifs is 3. The number of hydrogen-bond acceptors (Lipinski definition) is 0. The van der Waals surface area contributed by atoms with Crippen molar-refractivity contribution in [1.82, 2.24) is 4.57 Å². The van der Waals surface area contributed by atoms with Crippen molar-refractivity contribution in [2.45, 2.75) is 6.42 Å². The van der Waals surface area contributed by atoms with Crippen LogP contribution < -0.4 is 0 Å². The molecular formula is C27H21N. The molecule has 0 bridgehead atoms. The van der Waals surface area contributed by atoms with Gasteiger partial charge in [-0.1, -0.05) is 91.0 Å². The van der Waals surface area contributed by atoms with E-state index >= 15 is 0 Å². The Morgan fingerprint density at radius 2 is 1.14 bits per heavy atom. The highest BCUT2D eigenvalue weighted by atomic mass is 15.0. The van der Waals surface area contributed by atoms with Gasteiger partial charge in [0.1, 0.15) is 0 Å². The summed E-state index contributed by atoms with van der Waals surface area (Å²) in [5.74, 6) is 0. The van der Waals surface area contributed by atoms with Gasteiger partial charge in [-0.05, 0) is 41.8 Å². The molecule has 0 saturated carbocycles. The maximum atomic E-state index is 2.36. The number of nitrogens with zero attached hydrogens (tertiary/aromatic N) is 1. The van der Waals surface area contributed by atoms with Crippen molar-refractivity contribution in [2.75, 3.05) is 0 Å². The van der Waals surface area contributed by atoms with Gasteiger partial charge in [-0.15, -0.1) is 0 Å². The van der Waals surface area contributed by atoms with Gasteiger partial charge in [-0.2, -0.15) is 0 Å². The van der Waals surface area contributed by atoms with Crippen LogP contribution in [0.5, 0.6) is 0 Å². The summed E-state index contributed by atoms with van der Waals surface area (Å²) < 4.78 is 2.36. The first-order valence-corrected chi connectivity index (χ1v) is 9.69. The zero-order valence-corrected chi connectivity index (χ0v) is 15.6. The highest BCUT2D eigenvalue weighted by Crippen LogP contribution is 2.31. The van der Waals surface area contributed by atoms with E-state index in [-0.39, 0.29) is 0 Å². The molecule has 0 saturated heterocycles. The molecule has 0 atom stereocenters. The number of benzene rings is 4. The van der Waals surface area contributed by atoms with Gasteiger partial charge in [0.15, 0.2) is 0 Å². The van der Waals surface area contributed by atoms with Crippen molar-refractivity contribution in [1.29, 1.82) is 0 Å². The lowest BCUT2D eigenvalue weighted by Crippen LogP contribution is -1.94. The Labute approximate surface area is 165 Å². The lowest BCUT2D eigenvalue weighted by atomic mass is 10.1. The number of rotatable bonds is 4. The summed E-state index contributed by atoms with van der Waals surface area (Å²) in [4.78, 5) is 0. The van der Waals surface area contributed by atoms with Crippen LogP contribution in [0.25, 0.3) is 33.6 Å². The lowest BCUT2D eigenvalue weighted by Gasteiger charge is -2.08. The number of allylic oxidation sites excluding steroid dienone is 1. The van der Waals surface area contributed by atoms with Gasteiger partial charge in [0.2, 0.25) is 0 Å². The molecule has 0 aliphatic heterocycles. The van der Waals surface area contributed by atoms with Gasteiger partial charge in [0.05, 0.1) is 11.0 Å². The third-order valence-electron chi connectivity index (χ3n) is 5.24. The molecule has 1 heterocycles. The predicted octanol–water partition coefficient (Wildman–Crippen LogP) is 7.04. The molecule has 0 amide bonds. The van der Waals surface area contributed by atoms with E-state index in [2.05, 4.69) is 114 Å². The van der Waals surface area contributed by atoms with Crippen LogP contribution in [0.2, 0.25) is 0 Å². The van der Waals surface area contributed by atoms with Crippen molar-refractivity contribution < 1.29 is 0 Å². The van der Waals surface area contributed by atoms with Gasteiger partial charge < -0.3 is 4.57 Å². The second kappa shape index (κ2) is 7.21. The molecule has 4 aromatic carbocycles. The van der Waals surface area contributed by atoms with Gasteiger partial charge in [-0.3, -0.25) is 0 Å². The minimum absolute atomic E-state index is 0.933. The molecule has 1 aromatic heterocycles. The largest absolute Gasteiger partial charge is 0.309 e. The Morgan fingerprint density at radius 1 is 0.571 bits per heavy atom. The summed E-state index contributed by atoms with van der Waals surface area (Å²) in [6.07, 6.45) is 5.34. The van der Waals surface area contributed by atoms with E-state index in [1.165, 1.54) is 38.6 Å². The average molecular weight is 359 g/mol. The zero-order valence-electron chi connectivity index (χ0n) is 15.6. The van der Waals surface area contributed by atoms with Crippen LogP contribution in [0, 0.1) is 0 Å². The van der Waals surface area contributed by atoms with Crippen LogP contribution in [-0.4, -0.2) is 4.57 Å². The van der Waals surface area contributed by atoms with Crippen LogP contribution in [0.3, 0.4) is 0 Å². The first-order valence-electron chi connectivity index (χ1n) is 9.69. The fourth-order valence-electron chi connectivity index (χ4n) is 3.88.